The van der Waals surface area contributed by atoms with Gasteiger partial charge in [-0.25, -0.2) is 0 Å². The number of amides is 1. The van der Waals surface area contributed by atoms with Gasteiger partial charge in [-0.05, 0) is 44.9 Å². The Labute approximate surface area is 125 Å². The molecule has 21 heavy (non-hydrogen) atoms. The topological polar surface area (TPSA) is 64.6 Å². The van der Waals surface area contributed by atoms with Crippen molar-refractivity contribution in [3.05, 3.63) is 29.8 Å². The first-order valence-electron chi connectivity index (χ1n) is 7.19. The van der Waals surface area contributed by atoms with Gasteiger partial charge in [0.05, 0.1) is 6.61 Å². The van der Waals surface area contributed by atoms with E-state index in [1.807, 2.05) is 31.2 Å². The van der Waals surface area contributed by atoms with E-state index < -0.39 is 6.10 Å². The van der Waals surface area contributed by atoms with Crippen LogP contribution in [-0.4, -0.2) is 31.1 Å². The maximum absolute atomic E-state index is 11.9. The van der Waals surface area contributed by atoms with Gasteiger partial charge in [-0.1, -0.05) is 12.1 Å². The highest BCUT2D eigenvalue weighted by atomic mass is 16.5. The number of carbonyl (C=O) groups excluding carboxylic acids is 2. The maximum atomic E-state index is 11.9. The van der Waals surface area contributed by atoms with Gasteiger partial charge in [0.15, 0.2) is 6.10 Å². The Morgan fingerprint density at radius 2 is 2.10 bits per heavy atom. The lowest BCUT2D eigenvalue weighted by Gasteiger charge is -2.15. The molecule has 0 aliphatic rings. The van der Waals surface area contributed by atoms with Crippen LogP contribution in [0.4, 0.5) is 0 Å². The maximum Gasteiger partial charge on any atom is 0.305 e. The Balaban J connectivity index is 2.27. The molecule has 1 aromatic carbocycles. The molecular formula is C16H23NO4. The first-order valence-corrected chi connectivity index (χ1v) is 7.19. The number of hydrogen-bond donors (Lipinski definition) is 1. The molecule has 5 heteroatoms. The van der Waals surface area contributed by atoms with Gasteiger partial charge in [-0.15, -0.1) is 0 Å². The highest BCUT2D eigenvalue weighted by molar-refractivity contribution is 5.80. The number of benzene rings is 1. The van der Waals surface area contributed by atoms with E-state index >= 15 is 0 Å². The average Bonchev–Trinajstić information content (AvgIpc) is 2.43. The molecule has 1 rings (SSSR count). The molecule has 1 unspecified atom stereocenters. The Morgan fingerprint density at radius 1 is 1.33 bits per heavy atom. The molecule has 0 fully saturated rings. The van der Waals surface area contributed by atoms with Gasteiger partial charge < -0.3 is 14.8 Å². The Kier molecular flexibility index (Phi) is 7.29. The third-order valence-electron chi connectivity index (χ3n) is 2.83. The van der Waals surface area contributed by atoms with E-state index in [-0.39, 0.29) is 11.9 Å². The normalized spacial score (nSPS) is 11.6. The molecule has 1 aromatic rings. The zero-order valence-electron chi connectivity index (χ0n) is 12.8. The van der Waals surface area contributed by atoms with Gasteiger partial charge in [0.1, 0.15) is 5.75 Å². The number of esters is 1. The minimum absolute atomic E-state index is 0.194. The van der Waals surface area contributed by atoms with E-state index in [1.165, 1.54) is 0 Å². The third-order valence-corrected chi connectivity index (χ3v) is 2.83. The Morgan fingerprint density at radius 3 is 2.76 bits per heavy atom. The molecule has 0 radical (unpaired) electrons. The lowest BCUT2D eigenvalue weighted by Crippen LogP contribution is -2.37. The van der Waals surface area contributed by atoms with Crippen LogP contribution in [0, 0.1) is 6.92 Å². The molecule has 0 spiro atoms. The van der Waals surface area contributed by atoms with E-state index in [2.05, 4.69) is 5.32 Å². The molecule has 116 valence electrons. The summed E-state index contributed by atoms with van der Waals surface area (Å²) in [6, 6.07) is 7.55. The van der Waals surface area contributed by atoms with Crippen molar-refractivity contribution in [1.29, 1.82) is 0 Å². The quantitative estimate of drug-likeness (QED) is 0.589. The summed E-state index contributed by atoms with van der Waals surface area (Å²) >= 11 is 0. The highest BCUT2D eigenvalue weighted by Crippen LogP contribution is 2.14. The molecule has 0 saturated carbocycles. The van der Waals surface area contributed by atoms with Crippen LogP contribution in [0.2, 0.25) is 0 Å². The van der Waals surface area contributed by atoms with Crippen molar-refractivity contribution in [3.63, 3.8) is 0 Å². The molecule has 0 aromatic heterocycles. The molecule has 5 nitrogen and oxygen atoms in total. The van der Waals surface area contributed by atoms with Crippen molar-refractivity contribution in [1.82, 2.24) is 5.32 Å². The number of ether oxygens (including phenoxy) is 2. The summed E-state index contributed by atoms with van der Waals surface area (Å²) in [5, 5.41) is 2.74. The van der Waals surface area contributed by atoms with Crippen LogP contribution in [0.15, 0.2) is 24.3 Å². The largest absolute Gasteiger partial charge is 0.481 e. The first-order chi connectivity index (χ1) is 10.0. The van der Waals surface area contributed by atoms with E-state index in [0.29, 0.717) is 31.7 Å². The number of nitrogens with one attached hydrogen (secondary N) is 1. The van der Waals surface area contributed by atoms with Crippen LogP contribution in [-0.2, 0) is 14.3 Å². The van der Waals surface area contributed by atoms with Crippen molar-refractivity contribution >= 4 is 11.9 Å². The summed E-state index contributed by atoms with van der Waals surface area (Å²) in [6.07, 6.45) is 0.289. The second-order valence-corrected chi connectivity index (χ2v) is 4.78. The van der Waals surface area contributed by atoms with E-state index in [4.69, 9.17) is 9.47 Å². The second kappa shape index (κ2) is 9.00. The van der Waals surface area contributed by atoms with Crippen LogP contribution in [0.3, 0.4) is 0 Å². The van der Waals surface area contributed by atoms with Gasteiger partial charge in [-0.3, -0.25) is 9.59 Å². The van der Waals surface area contributed by atoms with Crippen LogP contribution >= 0.6 is 0 Å². The van der Waals surface area contributed by atoms with Crippen LogP contribution in [0.1, 0.15) is 32.3 Å². The SMILES string of the molecule is CCOC(=O)CCCNC(=O)C(C)Oc1cccc(C)c1. The summed E-state index contributed by atoms with van der Waals surface area (Å²) in [5.41, 5.74) is 1.08. The van der Waals surface area contributed by atoms with E-state index in [1.54, 1.807) is 13.8 Å². The number of hydrogen-bond acceptors (Lipinski definition) is 4. The predicted molar refractivity (Wildman–Crippen MR) is 80.1 cm³/mol. The lowest BCUT2D eigenvalue weighted by atomic mass is 10.2. The summed E-state index contributed by atoms with van der Waals surface area (Å²) < 4.78 is 10.4. The summed E-state index contributed by atoms with van der Waals surface area (Å²) in [7, 11) is 0. The van der Waals surface area contributed by atoms with Gasteiger partial charge in [0.25, 0.3) is 5.91 Å². The summed E-state index contributed by atoms with van der Waals surface area (Å²) in [5.74, 6) is 0.236. The molecule has 1 atom stereocenters. The van der Waals surface area contributed by atoms with Gasteiger partial charge in [-0.2, -0.15) is 0 Å². The Bertz CT molecular complexity index is 473. The van der Waals surface area contributed by atoms with Crippen LogP contribution in [0.25, 0.3) is 0 Å². The van der Waals surface area contributed by atoms with E-state index in [0.717, 1.165) is 5.56 Å². The summed E-state index contributed by atoms with van der Waals surface area (Å²) in [4.78, 5) is 23.0. The van der Waals surface area contributed by atoms with Crippen molar-refractivity contribution < 1.29 is 19.1 Å². The molecular weight excluding hydrogens is 270 g/mol. The van der Waals surface area contributed by atoms with Crippen molar-refractivity contribution in [2.45, 2.75) is 39.7 Å². The Hall–Kier alpha value is -2.04. The van der Waals surface area contributed by atoms with Gasteiger partial charge in [0, 0.05) is 13.0 Å². The molecule has 0 aliphatic heterocycles. The second-order valence-electron chi connectivity index (χ2n) is 4.78. The fourth-order valence-electron chi connectivity index (χ4n) is 1.77. The van der Waals surface area contributed by atoms with Crippen molar-refractivity contribution in [2.24, 2.45) is 0 Å². The minimum Gasteiger partial charge on any atom is -0.481 e. The van der Waals surface area contributed by atoms with Crippen molar-refractivity contribution in [2.75, 3.05) is 13.2 Å². The average molecular weight is 293 g/mol. The standard InChI is InChI=1S/C16H23NO4/c1-4-20-15(18)9-6-10-17-16(19)13(3)21-14-8-5-7-12(2)11-14/h5,7-8,11,13H,4,6,9-10H2,1-3H3,(H,17,19). The number of carbonyl (C=O) groups is 2. The molecule has 0 aliphatic carbocycles. The van der Waals surface area contributed by atoms with Gasteiger partial charge in [0.2, 0.25) is 0 Å². The lowest BCUT2D eigenvalue weighted by molar-refractivity contribution is -0.143. The minimum atomic E-state index is -0.575. The monoisotopic (exact) mass is 293 g/mol. The molecule has 1 N–H and O–H groups in total. The molecule has 0 heterocycles. The summed E-state index contributed by atoms with van der Waals surface area (Å²) in [6.45, 7) is 6.24. The van der Waals surface area contributed by atoms with Crippen molar-refractivity contribution in [3.8, 4) is 5.75 Å². The first kappa shape index (κ1) is 17.0. The smallest absolute Gasteiger partial charge is 0.305 e. The zero-order valence-corrected chi connectivity index (χ0v) is 12.8. The molecule has 1 amide bonds. The predicted octanol–water partition coefficient (Wildman–Crippen LogP) is 2.22. The number of aryl methyl sites for hydroxylation is 1. The fraction of sp³-hybridized carbons (Fsp3) is 0.500. The third kappa shape index (κ3) is 6.79. The van der Waals surface area contributed by atoms with Crippen LogP contribution < -0.4 is 10.1 Å². The van der Waals surface area contributed by atoms with Gasteiger partial charge >= 0.3 is 5.97 Å². The fourth-order valence-corrected chi connectivity index (χ4v) is 1.77. The highest BCUT2D eigenvalue weighted by Gasteiger charge is 2.14. The molecule has 0 bridgehead atoms. The number of rotatable bonds is 8. The molecule has 0 saturated heterocycles. The van der Waals surface area contributed by atoms with E-state index in [9.17, 15) is 9.59 Å². The zero-order chi connectivity index (χ0) is 15.7. The van der Waals surface area contributed by atoms with Crippen LogP contribution in [0.5, 0.6) is 5.75 Å².